The Labute approximate surface area is 29.5 Å². The maximum Gasteiger partial charge on any atom is 0.0408 e. The van der Waals surface area contributed by atoms with E-state index in [-0.39, 0.29) is 0 Å². The smallest absolute Gasteiger partial charge is 0.0408 e. The van der Waals surface area contributed by atoms with E-state index in [9.17, 15) is 0 Å². The van der Waals surface area contributed by atoms with Crippen molar-refractivity contribution in [2.24, 2.45) is 0 Å². The summed E-state index contributed by atoms with van der Waals surface area (Å²) >= 11 is 0. The third kappa shape index (κ3) is 2.94. The maximum atomic E-state index is 6.06. The van der Waals surface area contributed by atoms with Crippen molar-refractivity contribution in [3.8, 4) is 0 Å². The van der Waals surface area contributed by atoms with Crippen LogP contribution in [0.1, 0.15) is 0 Å². The van der Waals surface area contributed by atoms with Crippen molar-refractivity contribution in [3.05, 3.63) is 5.73 Å². The summed E-state index contributed by atoms with van der Waals surface area (Å²) in [4.78, 5) is 0. The van der Waals surface area contributed by atoms with Crippen LogP contribution in [0, 0.1) is 10.8 Å². The standard InChI is InChI=1S/C3H2N2/c4-2-1-3-5/h4-5H. The lowest BCUT2D eigenvalue weighted by molar-refractivity contribution is 1.59. The van der Waals surface area contributed by atoms with Crippen LogP contribution in [0.5, 0.6) is 0 Å². The first kappa shape index (κ1) is 3.94. The van der Waals surface area contributed by atoms with Crippen LogP contribution in [-0.2, 0) is 0 Å². The summed E-state index contributed by atoms with van der Waals surface area (Å²) < 4.78 is 0. The zero-order chi connectivity index (χ0) is 4.12. The molecule has 0 aliphatic carbocycles. The van der Waals surface area contributed by atoms with Gasteiger partial charge >= 0.3 is 0 Å². The number of hydrogen-bond donors (Lipinski definition) is 2. The second-order valence-corrected chi connectivity index (χ2v) is 0.375. The molecule has 0 atom stereocenters. The third-order valence-electron chi connectivity index (χ3n) is 0.125. The van der Waals surface area contributed by atoms with Gasteiger partial charge in [-0.25, -0.2) is 0 Å². The van der Waals surface area contributed by atoms with Crippen molar-refractivity contribution in [2.75, 3.05) is 0 Å². The van der Waals surface area contributed by atoms with E-state index < -0.39 is 0 Å². The molecule has 24 valence electrons. The fourth-order valence-corrected chi connectivity index (χ4v) is 0.0312. The Morgan fingerprint density at radius 1 is 1.00 bits per heavy atom. The second kappa shape index (κ2) is 2.94. The molecule has 0 spiro atoms. The van der Waals surface area contributed by atoms with Crippen LogP contribution in [0.25, 0.3) is 0 Å². The van der Waals surface area contributed by atoms with Gasteiger partial charge in [-0.05, 0) is 0 Å². The average molecular weight is 66.1 g/mol. The molecule has 5 heavy (non-hydrogen) atoms. The van der Waals surface area contributed by atoms with Crippen LogP contribution >= 0.6 is 0 Å². The maximum absolute atomic E-state index is 6.06. The SMILES string of the molecule is N=C=C=C=N. The van der Waals surface area contributed by atoms with Crippen molar-refractivity contribution in [3.63, 3.8) is 0 Å². The Bertz CT molecular complexity index is 96.9. The lowest BCUT2D eigenvalue weighted by Gasteiger charge is -1.25. The Morgan fingerprint density at radius 2 is 1.40 bits per heavy atom. The second-order valence-electron chi connectivity index (χ2n) is 0.375. The first-order valence-corrected chi connectivity index (χ1v) is 1.00. The Kier molecular flexibility index (Phi) is 2.32. The van der Waals surface area contributed by atoms with Gasteiger partial charge in [-0.15, -0.1) is 0 Å². The molecule has 0 fully saturated rings. The quantitative estimate of drug-likeness (QED) is 0.299. The van der Waals surface area contributed by atoms with E-state index >= 15 is 0 Å². The molecule has 2 heteroatoms. The lowest BCUT2D eigenvalue weighted by Crippen LogP contribution is -1.31. The molecular formula is C3H2N2. The van der Waals surface area contributed by atoms with Gasteiger partial charge in [-0.1, -0.05) is 0 Å². The number of hydrogen-bond acceptors (Lipinski definition) is 2. The molecule has 0 aliphatic heterocycles. The topological polar surface area (TPSA) is 47.7 Å². The monoisotopic (exact) mass is 66.0 g/mol. The number of nitrogens with one attached hydrogen (secondary N) is 2. The first-order valence-electron chi connectivity index (χ1n) is 1.00. The summed E-state index contributed by atoms with van der Waals surface area (Å²) in [5, 5.41) is 12.1. The van der Waals surface area contributed by atoms with Gasteiger partial charge in [0, 0.05) is 17.5 Å². The summed E-state index contributed by atoms with van der Waals surface area (Å²) in [6.07, 6.45) is 0. The molecule has 0 aromatic rings. The molecular weight excluding hydrogens is 64.0 g/mol. The Hall–Kier alpha value is -1.06. The van der Waals surface area contributed by atoms with Crippen LogP contribution in [-0.4, -0.2) is 11.7 Å². The highest BCUT2D eigenvalue weighted by Gasteiger charge is 1.22. The molecule has 2 N–H and O–H groups in total. The van der Waals surface area contributed by atoms with Crippen molar-refractivity contribution < 1.29 is 0 Å². The molecule has 0 heterocycles. The molecule has 0 radical (unpaired) electrons. The molecule has 0 aromatic heterocycles. The van der Waals surface area contributed by atoms with E-state index in [4.69, 9.17) is 10.8 Å². The van der Waals surface area contributed by atoms with E-state index in [0.29, 0.717) is 0 Å². The fourth-order valence-electron chi connectivity index (χ4n) is 0.0312. The number of rotatable bonds is 0. The summed E-state index contributed by atoms with van der Waals surface area (Å²) in [6.45, 7) is 0. The third-order valence-corrected chi connectivity index (χ3v) is 0.125. The summed E-state index contributed by atoms with van der Waals surface area (Å²) in [5.74, 6) is 3.44. The molecule has 0 bridgehead atoms. The molecule has 0 unspecified atom stereocenters. The summed E-state index contributed by atoms with van der Waals surface area (Å²) in [5.41, 5.74) is 1.94. The highest BCUT2D eigenvalue weighted by atomic mass is 14.3. The van der Waals surface area contributed by atoms with Gasteiger partial charge in [0.1, 0.15) is 0 Å². The minimum Gasteiger partial charge on any atom is -0.251 e. The van der Waals surface area contributed by atoms with E-state index in [1.807, 2.05) is 5.73 Å². The first-order chi connectivity index (χ1) is 2.41. The van der Waals surface area contributed by atoms with Gasteiger partial charge in [-0.3, -0.25) is 10.8 Å². The summed E-state index contributed by atoms with van der Waals surface area (Å²) in [7, 11) is 0. The average Bonchev–Trinajstić information content (AvgIpc) is 1.41. The summed E-state index contributed by atoms with van der Waals surface area (Å²) in [6, 6.07) is 0. The van der Waals surface area contributed by atoms with Crippen LogP contribution in [0.3, 0.4) is 0 Å². The lowest BCUT2D eigenvalue weighted by atomic mass is 10.9. The van der Waals surface area contributed by atoms with E-state index in [1.165, 1.54) is 0 Å². The van der Waals surface area contributed by atoms with Gasteiger partial charge < -0.3 is 0 Å². The van der Waals surface area contributed by atoms with Crippen molar-refractivity contribution in [1.29, 1.82) is 10.8 Å². The van der Waals surface area contributed by atoms with Gasteiger partial charge in [0.2, 0.25) is 0 Å². The predicted octanol–water partition coefficient (Wildman–Crippen LogP) is 0.195. The molecule has 0 aliphatic rings. The van der Waals surface area contributed by atoms with E-state index in [2.05, 4.69) is 0 Å². The molecule has 0 saturated heterocycles. The normalized spacial score (nSPS) is 3.20. The van der Waals surface area contributed by atoms with Gasteiger partial charge in [0.25, 0.3) is 0 Å². The predicted molar refractivity (Wildman–Crippen MR) is 19.0 cm³/mol. The molecule has 0 rings (SSSR count). The fraction of sp³-hybridized carbons (Fsp3) is 0. The van der Waals surface area contributed by atoms with E-state index in [0.717, 1.165) is 0 Å². The zero-order valence-electron chi connectivity index (χ0n) is 2.50. The Balaban J connectivity index is 4.38. The van der Waals surface area contributed by atoms with Crippen LogP contribution in [0.4, 0.5) is 0 Å². The van der Waals surface area contributed by atoms with Crippen molar-refractivity contribution in [2.45, 2.75) is 0 Å². The largest absolute Gasteiger partial charge is 0.251 e. The minimum absolute atomic E-state index is 1.72. The van der Waals surface area contributed by atoms with Gasteiger partial charge in [-0.2, -0.15) is 0 Å². The molecule has 0 aromatic carbocycles. The molecule has 0 saturated carbocycles. The molecule has 0 amide bonds. The highest BCUT2D eigenvalue weighted by Crippen LogP contribution is 1.17. The van der Waals surface area contributed by atoms with Crippen LogP contribution < -0.4 is 0 Å². The minimum atomic E-state index is 1.72. The van der Waals surface area contributed by atoms with Crippen molar-refractivity contribution in [1.82, 2.24) is 0 Å². The Morgan fingerprint density at radius 3 is 1.40 bits per heavy atom. The van der Waals surface area contributed by atoms with Crippen molar-refractivity contribution >= 4 is 11.7 Å². The van der Waals surface area contributed by atoms with Crippen LogP contribution in [0.2, 0.25) is 0 Å². The zero-order valence-corrected chi connectivity index (χ0v) is 2.50. The molecule has 2 nitrogen and oxygen atoms in total. The highest BCUT2D eigenvalue weighted by molar-refractivity contribution is 5.61. The van der Waals surface area contributed by atoms with Gasteiger partial charge in [0.15, 0.2) is 0 Å². The van der Waals surface area contributed by atoms with Gasteiger partial charge in [0.05, 0.1) is 0 Å². The van der Waals surface area contributed by atoms with Crippen LogP contribution in [0.15, 0.2) is 5.73 Å². The van der Waals surface area contributed by atoms with E-state index in [1.54, 1.807) is 11.7 Å².